The minimum absolute atomic E-state index is 0.0873. The molecule has 13 nitrogen and oxygen atoms in total. The molecule has 5 rings (SSSR count). The Kier molecular flexibility index (Phi) is 10.6. The number of aliphatic imine (C=N–C) groups is 1. The van der Waals surface area contributed by atoms with E-state index in [1.807, 2.05) is 61.5 Å². The number of fused-ring (bicyclic) bond motifs is 1. The van der Waals surface area contributed by atoms with Crippen molar-refractivity contribution in [3.63, 3.8) is 0 Å². The third-order valence-electron chi connectivity index (χ3n) is 6.56. The number of nitrogens with two attached hydrogens (primary N) is 1. The van der Waals surface area contributed by atoms with Crippen molar-refractivity contribution in [2.45, 2.75) is 46.5 Å². The van der Waals surface area contributed by atoms with Gasteiger partial charge < -0.3 is 15.8 Å². The second kappa shape index (κ2) is 14.7. The Morgan fingerprint density at radius 2 is 1.68 bits per heavy atom. The average molecular weight is 635 g/mol. The van der Waals surface area contributed by atoms with E-state index in [9.17, 15) is 14.4 Å². The molecule has 0 unspecified atom stereocenters. The molecule has 0 bridgehead atoms. The molecule has 0 aliphatic carbocycles. The zero-order chi connectivity index (χ0) is 34.1. The smallest absolute Gasteiger partial charge is 0.324 e. The lowest BCUT2D eigenvalue weighted by atomic mass is 9.92. The van der Waals surface area contributed by atoms with Gasteiger partial charge in [0, 0.05) is 41.4 Å². The molecule has 240 valence electrons. The van der Waals surface area contributed by atoms with E-state index >= 15 is 0 Å². The Hall–Kier alpha value is -6.20. The van der Waals surface area contributed by atoms with E-state index < -0.39 is 17.8 Å². The van der Waals surface area contributed by atoms with Crippen molar-refractivity contribution in [2.75, 3.05) is 10.6 Å². The maximum atomic E-state index is 13.3. The van der Waals surface area contributed by atoms with E-state index in [0.29, 0.717) is 17.3 Å². The number of carbonyl (C=O) groups excluding carboxylic acids is 4. The van der Waals surface area contributed by atoms with E-state index in [-0.39, 0.29) is 23.5 Å². The Bertz CT molecular complexity index is 1970. The number of urea groups is 1. The minimum atomic E-state index is -0.530. The van der Waals surface area contributed by atoms with Crippen molar-refractivity contribution in [2.24, 2.45) is 10.7 Å². The summed E-state index contributed by atoms with van der Waals surface area (Å²) in [4.78, 5) is 54.3. The Balaban J connectivity index is 0.000000762. The van der Waals surface area contributed by atoms with Crippen molar-refractivity contribution < 1.29 is 23.9 Å². The van der Waals surface area contributed by atoms with Crippen molar-refractivity contribution in [3.8, 4) is 17.3 Å². The monoisotopic (exact) mass is 634 g/mol. The summed E-state index contributed by atoms with van der Waals surface area (Å²) in [5, 5.41) is 12.3. The number of hydrogen-bond acceptors (Lipinski definition) is 8. The second-order valence-electron chi connectivity index (χ2n) is 11.4. The standard InChI is InChI=1S/C31H31N7O3.C3H3NO2/c1-19-9-11-20(12-10-19)38-28(17-25(37-38)31(2,3)4)36-30(40)34-23-13-14-24(22-8-6-5-7-21(22)23)41-29-15-16-33-27(35-29)18-26(32)39;1-3(6)4-2-5/h5-17H,18H2,1-4H3,(H2,32,39)(H2,34,36,40);1H3. The maximum absolute atomic E-state index is 13.3. The third kappa shape index (κ3) is 9.16. The third-order valence-corrected chi connectivity index (χ3v) is 6.56. The average Bonchev–Trinajstić information content (AvgIpc) is 3.43. The Morgan fingerprint density at radius 1 is 0.979 bits per heavy atom. The molecular formula is C34H34N8O5. The van der Waals surface area contributed by atoms with Gasteiger partial charge in [-0.3, -0.25) is 14.9 Å². The van der Waals surface area contributed by atoms with Crippen LogP contribution in [0.15, 0.2) is 84.0 Å². The number of aromatic nitrogens is 4. The molecule has 47 heavy (non-hydrogen) atoms. The predicted octanol–water partition coefficient (Wildman–Crippen LogP) is 5.75. The van der Waals surface area contributed by atoms with Crippen LogP contribution in [0.3, 0.4) is 0 Å². The number of carbonyl (C=O) groups is 3. The highest BCUT2D eigenvalue weighted by Gasteiger charge is 2.22. The van der Waals surface area contributed by atoms with Crippen molar-refractivity contribution in [1.29, 1.82) is 0 Å². The van der Waals surface area contributed by atoms with Crippen molar-refractivity contribution in [1.82, 2.24) is 19.7 Å². The predicted molar refractivity (Wildman–Crippen MR) is 177 cm³/mol. The largest absolute Gasteiger partial charge is 0.438 e. The molecule has 2 heterocycles. The summed E-state index contributed by atoms with van der Waals surface area (Å²) >= 11 is 0. The summed E-state index contributed by atoms with van der Waals surface area (Å²) in [7, 11) is 0. The molecule has 0 aliphatic rings. The number of nitrogens with one attached hydrogen (secondary N) is 2. The molecule has 0 radical (unpaired) electrons. The first-order valence-electron chi connectivity index (χ1n) is 14.5. The van der Waals surface area contributed by atoms with Gasteiger partial charge in [0.1, 0.15) is 17.4 Å². The number of isocyanates is 1. The van der Waals surface area contributed by atoms with E-state index in [2.05, 4.69) is 46.4 Å². The van der Waals surface area contributed by atoms with Gasteiger partial charge in [-0.05, 0) is 31.2 Å². The number of ether oxygens (including phenoxy) is 1. The quantitative estimate of drug-likeness (QED) is 0.149. The first-order chi connectivity index (χ1) is 22.3. The lowest BCUT2D eigenvalue weighted by Gasteiger charge is -2.14. The van der Waals surface area contributed by atoms with Gasteiger partial charge in [0.15, 0.2) is 0 Å². The summed E-state index contributed by atoms with van der Waals surface area (Å²) in [6.07, 6.45) is 2.51. The van der Waals surface area contributed by atoms with Gasteiger partial charge in [0.2, 0.25) is 17.9 Å². The topological polar surface area (TPSA) is 184 Å². The lowest BCUT2D eigenvalue weighted by molar-refractivity contribution is -0.117. The van der Waals surface area contributed by atoms with Crippen LogP contribution in [0.25, 0.3) is 16.5 Å². The van der Waals surface area contributed by atoms with Crippen LogP contribution in [-0.4, -0.2) is 43.7 Å². The minimum Gasteiger partial charge on any atom is -0.438 e. The van der Waals surface area contributed by atoms with Crippen LogP contribution in [0.2, 0.25) is 0 Å². The number of benzene rings is 3. The Morgan fingerprint density at radius 3 is 2.30 bits per heavy atom. The fraction of sp³-hybridized carbons (Fsp3) is 0.206. The Labute approximate surface area is 270 Å². The van der Waals surface area contributed by atoms with E-state index in [1.165, 1.54) is 13.1 Å². The molecule has 4 amide bonds. The summed E-state index contributed by atoms with van der Waals surface area (Å²) in [5.41, 5.74) is 8.48. The molecule has 2 aromatic heterocycles. The number of amides is 4. The van der Waals surface area contributed by atoms with E-state index in [0.717, 1.165) is 33.8 Å². The number of nitrogens with zero attached hydrogens (tertiary/aromatic N) is 5. The van der Waals surface area contributed by atoms with Crippen LogP contribution in [-0.2, 0) is 26.2 Å². The zero-order valence-electron chi connectivity index (χ0n) is 26.6. The number of rotatable bonds is 7. The van der Waals surface area contributed by atoms with Crippen LogP contribution < -0.4 is 21.1 Å². The highest BCUT2D eigenvalue weighted by molar-refractivity contribution is 6.07. The van der Waals surface area contributed by atoms with Crippen LogP contribution in [0.5, 0.6) is 11.6 Å². The second-order valence-corrected chi connectivity index (χ2v) is 11.4. The molecule has 4 N–H and O–H groups in total. The van der Waals surface area contributed by atoms with E-state index in [1.54, 1.807) is 22.9 Å². The zero-order valence-corrected chi connectivity index (χ0v) is 26.6. The first kappa shape index (κ1) is 33.7. The first-order valence-corrected chi connectivity index (χ1v) is 14.5. The fourth-order valence-corrected chi connectivity index (χ4v) is 4.31. The molecule has 0 aliphatic heterocycles. The lowest BCUT2D eigenvalue weighted by Crippen LogP contribution is -2.21. The molecule has 13 heteroatoms. The highest BCUT2D eigenvalue weighted by Crippen LogP contribution is 2.34. The highest BCUT2D eigenvalue weighted by atomic mass is 16.5. The molecule has 0 atom stereocenters. The summed E-state index contributed by atoms with van der Waals surface area (Å²) in [6, 6.07) is 22.1. The van der Waals surface area contributed by atoms with Gasteiger partial charge in [0.25, 0.3) is 5.91 Å². The maximum Gasteiger partial charge on any atom is 0.324 e. The number of primary amides is 1. The number of hydrogen-bond donors (Lipinski definition) is 3. The summed E-state index contributed by atoms with van der Waals surface area (Å²) < 4.78 is 7.77. The molecule has 0 saturated carbocycles. The number of anilines is 2. The van der Waals surface area contributed by atoms with Gasteiger partial charge in [-0.25, -0.2) is 19.3 Å². The van der Waals surface area contributed by atoms with Gasteiger partial charge in [0.05, 0.1) is 23.5 Å². The SMILES string of the molecule is CC(=O)N=C=O.Cc1ccc(-n2nc(C(C)(C)C)cc2NC(=O)Nc2ccc(Oc3ccnc(CC(N)=O)n3)c3ccccc23)cc1. The van der Waals surface area contributed by atoms with Gasteiger partial charge in [-0.2, -0.15) is 10.1 Å². The van der Waals surface area contributed by atoms with Crippen LogP contribution in [0, 0.1) is 6.92 Å². The van der Waals surface area contributed by atoms with E-state index in [4.69, 9.17) is 20.4 Å². The van der Waals surface area contributed by atoms with Crippen molar-refractivity contribution in [3.05, 3.63) is 96.1 Å². The molecular weight excluding hydrogens is 600 g/mol. The summed E-state index contributed by atoms with van der Waals surface area (Å²) in [5.74, 6) is 0.592. The fourth-order valence-electron chi connectivity index (χ4n) is 4.31. The number of aryl methyl sites for hydroxylation is 1. The van der Waals surface area contributed by atoms with Gasteiger partial charge >= 0.3 is 6.03 Å². The molecule has 3 aromatic carbocycles. The molecule has 5 aromatic rings. The van der Waals surface area contributed by atoms with Gasteiger partial charge in [-0.15, -0.1) is 4.99 Å². The summed E-state index contributed by atoms with van der Waals surface area (Å²) in [6.45, 7) is 9.44. The van der Waals surface area contributed by atoms with Crippen LogP contribution in [0.1, 0.15) is 44.8 Å². The molecule has 0 fully saturated rings. The van der Waals surface area contributed by atoms with Crippen LogP contribution in [0.4, 0.5) is 16.3 Å². The van der Waals surface area contributed by atoms with Crippen molar-refractivity contribution >= 4 is 46.2 Å². The van der Waals surface area contributed by atoms with Crippen LogP contribution >= 0.6 is 0 Å². The molecule has 0 spiro atoms. The molecule has 0 saturated heterocycles. The van der Waals surface area contributed by atoms with Gasteiger partial charge in [-0.1, -0.05) is 62.7 Å². The normalized spacial score (nSPS) is 10.7.